The summed E-state index contributed by atoms with van der Waals surface area (Å²) in [7, 11) is 1.35. The average Bonchev–Trinajstić information content (AvgIpc) is 2.80. The van der Waals surface area contributed by atoms with Gasteiger partial charge in [0.1, 0.15) is 6.10 Å². The molecule has 2 aliphatic heterocycles. The number of ether oxygens (including phenoxy) is 2. The lowest BCUT2D eigenvalue weighted by molar-refractivity contribution is -0.157. The number of carbonyl (C=O) groups is 2. The minimum Gasteiger partial charge on any atom is -0.469 e. The van der Waals surface area contributed by atoms with Gasteiger partial charge in [-0.2, -0.15) is 0 Å². The van der Waals surface area contributed by atoms with Crippen molar-refractivity contribution < 1.29 is 19.1 Å². The molecule has 2 fully saturated rings. The lowest BCUT2D eigenvalue weighted by Crippen LogP contribution is -2.37. The van der Waals surface area contributed by atoms with Crippen molar-refractivity contribution >= 4 is 11.8 Å². The van der Waals surface area contributed by atoms with Crippen molar-refractivity contribution in [2.24, 2.45) is 5.92 Å². The van der Waals surface area contributed by atoms with E-state index in [1.54, 1.807) is 0 Å². The van der Waals surface area contributed by atoms with Crippen molar-refractivity contribution in [3.8, 4) is 0 Å². The van der Waals surface area contributed by atoms with Crippen LogP contribution in [0.25, 0.3) is 0 Å². The molecule has 4 nitrogen and oxygen atoms in total. The zero-order chi connectivity index (χ0) is 13.5. The van der Waals surface area contributed by atoms with E-state index in [1.807, 2.05) is 30.3 Å². The van der Waals surface area contributed by atoms with Crippen LogP contribution in [0.4, 0.5) is 0 Å². The summed E-state index contributed by atoms with van der Waals surface area (Å²) < 4.78 is 10.8. The highest BCUT2D eigenvalue weighted by molar-refractivity contribution is 5.90. The van der Waals surface area contributed by atoms with Crippen LogP contribution in [0.2, 0.25) is 0 Å². The van der Waals surface area contributed by atoms with Gasteiger partial charge >= 0.3 is 5.97 Å². The molecule has 2 aliphatic rings. The molecule has 1 aromatic rings. The fraction of sp³-hybridized carbons (Fsp3) is 0.467. The molecule has 0 amide bonds. The number of Topliss-reactive ketones (excluding diaryl/α,β-unsaturated/α-hetero) is 1. The molecular weight excluding hydrogens is 244 g/mol. The van der Waals surface area contributed by atoms with E-state index < -0.39 is 17.6 Å². The van der Waals surface area contributed by atoms with E-state index in [2.05, 4.69) is 0 Å². The minimum absolute atomic E-state index is 0.0134. The molecule has 1 aromatic carbocycles. The fourth-order valence-corrected chi connectivity index (χ4v) is 3.18. The molecule has 0 aromatic heterocycles. The highest BCUT2D eigenvalue weighted by atomic mass is 16.5. The Morgan fingerprint density at radius 1 is 1.37 bits per heavy atom. The summed E-state index contributed by atoms with van der Waals surface area (Å²) >= 11 is 0. The van der Waals surface area contributed by atoms with E-state index in [0.717, 1.165) is 5.56 Å². The molecule has 2 bridgehead atoms. The number of esters is 1. The summed E-state index contributed by atoms with van der Waals surface area (Å²) in [4.78, 5) is 23.7. The first-order valence-corrected chi connectivity index (χ1v) is 6.50. The minimum atomic E-state index is -0.638. The van der Waals surface area contributed by atoms with Gasteiger partial charge in [-0.1, -0.05) is 30.3 Å². The van der Waals surface area contributed by atoms with Crippen molar-refractivity contribution in [3.63, 3.8) is 0 Å². The first-order chi connectivity index (χ1) is 9.16. The molecule has 3 rings (SSSR count). The molecule has 0 saturated carbocycles. The van der Waals surface area contributed by atoms with Gasteiger partial charge in [-0.05, 0) is 18.4 Å². The molecule has 3 atom stereocenters. The molecule has 4 heteroatoms. The maximum absolute atomic E-state index is 11.9. The smallest absolute Gasteiger partial charge is 0.311 e. The third kappa shape index (κ3) is 1.87. The third-order valence-corrected chi connectivity index (χ3v) is 4.16. The van der Waals surface area contributed by atoms with Crippen LogP contribution in [-0.4, -0.2) is 25.0 Å². The van der Waals surface area contributed by atoms with Crippen molar-refractivity contribution in [2.75, 3.05) is 7.11 Å². The van der Waals surface area contributed by atoms with Gasteiger partial charge in [-0.3, -0.25) is 9.59 Å². The summed E-state index contributed by atoms with van der Waals surface area (Å²) in [5.41, 5.74) is 0.539. The van der Waals surface area contributed by atoms with Crippen LogP contribution in [0, 0.1) is 5.92 Å². The van der Waals surface area contributed by atoms with Crippen molar-refractivity contribution in [1.82, 2.24) is 0 Å². The van der Waals surface area contributed by atoms with E-state index >= 15 is 0 Å². The van der Waals surface area contributed by atoms with Crippen LogP contribution < -0.4 is 0 Å². The summed E-state index contributed by atoms with van der Waals surface area (Å²) in [6.07, 6.45) is 0.994. The maximum Gasteiger partial charge on any atom is 0.311 e. The SMILES string of the molecule is COC(=O)[C@H]1C[C@@]2(c3ccccc3)CCC(=O)[C@@H]1O2. The number of ketones is 1. The Kier molecular flexibility index (Phi) is 2.90. The Morgan fingerprint density at radius 3 is 2.79 bits per heavy atom. The van der Waals surface area contributed by atoms with Gasteiger partial charge in [0.15, 0.2) is 5.78 Å². The van der Waals surface area contributed by atoms with Crippen LogP contribution in [-0.2, 0) is 24.7 Å². The second-order valence-corrected chi connectivity index (χ2v) is 5.20. The zero-order valence-electron chi connectivity index (χ0n) is 10.8. The Bertz CT molecular complexity index is 510. The van der Waals surface area contributed by atoms with Crippen molar-refractivity contribution in [3.05, 3.63) is 35.9 Å². The van der Waals surface area contributed by atoms with Gasteiger partial charge in [-0.25, -0.2) is 0 Å². The summed E-state index contributed by atoms with van der Waals surface area (Å²) in [5, 5.41) is 0. The molecule has 0 radical (unpaired) electrons. The first-order valence-electron chi connectivity index (χ1n) is 6.50. The topological polar surface area (TPSA) is 52.6 Å². The van der Waals surface area contributed by atoms with Gasteiger partial charge in [0, 0.05) is 6.42 Å². The largest absolute Gasteiger partial charge is 0.469 e. The second-order valence-electron chi connectivity index (χ2n) is 5.20. The lowest BCUT2D eigenvalue weighted by Gasteiger charge is -2.33. The van der Waals surface area contributed by atoms with E-state index in [9.17, 15) is 9.59 Å². The standard InChI is InChI=1S/C15H16O4/c1-18-14(17)11-9-15(10-5-3-2-4-6-10)8-7-12(16)13(11)19-15/h2-6,11,13H,7-9H2,1H3/t11-,13+,15+/m0/s1. The molecule has 19 heavy (non-hydrogen) atoms. The molecule has 0 aliphatic carbocycles. The quantitative estimate of drug-likeness (QED) is 0.761. The van der Waals surface area contributed by atoms with Crippen LogP contribution in [0.3, 0.4) is 0 Å². The third-order valence-electron chi connectivity index (χ3n) is 4.16. The summed E-state index contributed by atoms with van der Waals surface area (Å²) in [6.45, 7) is 0. The number of carbonyl (C=O) groups excluding carboxylic acids is 2. The van der Waals surface area contributed by atoms with Crippen LogP contribution in [0.15, 0.2) is 30.3 Å². The highest BCUT2D eigenvalue weighted by Crippen LogP contribution is 2.49. The van der Waals surface area contributed by atoms with Crippen LogP contribution in [0.1, 0.15) is 24.8 Å². The van der Waals surface area contributed by atoms with E-state index in [-0.39, 0.29) is 11.8 Å². The molecule has 0 spiro atoms. The molecular formula is C15H16O4. The Labute approximate surface area is 111 Å². The van der Waals surface area contributed by atoms with Crippen molar-refractivity contribution in [1.29, 1.82) is 0 Å². The number of hydrogen-bond donors (Lipinski definition) is 0. The normalized spacial score (nSPS) is 33.2. The number of fused-ring (bicyclic) bond motifs is 2. The number of methoxy groups -OCH3 is 1. The number of benzene rings is 1. The maximum atomic E-state index is 11.9. The lowest BCUT2D eigenvalue weighted by atomic mass is 9.85. The van der Waals surface area contributed by atoms with Crippen LogP contribution >= 0.6 is 0 Å². The Balaban J connectivity index is 1.97. The fourth-order valence-electron chi connectivity index (χ4n) is 3.18. The van der Waals surface area contributed by atoms with E-state index in [0.29, 0.717) is 19.3 Å². The van der Waals surface area contributed by atoms with Gasteiger partial charge in [0.2, 0.25) is 0 Å². The van der Waals surface area contributed by atoms with Crippen LogP contribution in [0.5, 0.6) is 0 Å². The first kappa shape index (κ1) is 12.4. The molecule has 100 valence electrons. The number of rotatable bonds is 2. The second kappa shape index (κ2) is 4.46. The predicted molar refractivity (Wildman–Crippen MR) is 67.4 cm³/mol. The number of hydrogen-bond acceptors (Lipinski definition) is 4. The van der Waals surface area contributed by atoms with Crippen molar-refractivity contribution in [2.45, 2.75) is 31.0 Å². The molecule has 0 N–H and O–H groups in total. The predicted octanol–water partition coefficient (Wildman–Crippen LogP) is 1.82. The molecule has 2 heterocycles. The monoisotopic (exact) mass is 260 g/mol. The highest BCUT2D eigenvalue weighted by Gasteiger charge is 2.56. The summed E-state index contributed by atoms with van der Waals surface area (Å²) in [5.74, 6) is -0.808. The van der Waals surface area contributed by atoms with Gasteiger partial charge < -0.3 is 9.47 Å². The Morgan fingerprint density at radius 2 is 2.11 bits per heavy atom. The summed E-state index contributed by atoms with van der Waals surface area (Å²) in [6, 6.07) is 9.83. The van der Waals surface area contributed by atoms with Gasteiger partial charge in [-0.15, -0.1) is 0 Å². The Hall–Kier alpha value is -1.68. The zero-order valence-corrected chi connectivity index (χ0v) is 10.8. The molecule has 2 saturated heterocycles. The van der Waals surface area contributed by atoms with E-state index in [4.69, 9.17) is 9.47 Å². The van der Waals surface area contributed by atoms with E-state index in [1.165, 1.54) is 7.11 Å². The molecule has 0 unspecified atom stereocenters. The van der Waals surface area contributed by atoms with Gasteiger partial charge in [0.25, 0.3) is 0 Å². The average molecular weight is 260 g/mol. The van der Waals surface area contributed by atoms with Gasteiger partial charge in [0.05, 0.1) is 18.6 Å².